The number of nitrogens with zero attached hydrogens (tertiary/aromatic N) is 1. The van der Waals surface area contributed by atoms with E-state index in [1.165, 1.54) is 76.1 Å². The molecule has 0 amide bonds. The van der Waals surface area contributed by atoms with Crippen LogP contribution in [-0.2, 0) is 0 Å². The highest BCUT2D eigenvalue weighted by molar-refractivity contribution is 7.99. The lowest BCUT2D eigenvalue weighted by Gasteiger charge is -2.36. The summed E-state index contributed by atoms with van der Waals surface area (Å²) in [6.07, 6.45) is 9.98. The Hall–Kier alpha value is 0.660. The zero-order valence-corrected chi connectivity index (χ0v) is 12.7. The Morgan fingerprint density at radius 3 is 2.41 bits per heavy atom. The molecule has 0 aromatic carbocycles. The quantitative estimate of drug-likeness (QED) is 0.617. The average Bonchev–Trinajstić information content (AvgIpc) is 2.73. The van der Waals surface area contributed by atoms with Gasteiger partial charge in [-0.1, -0.05) is 25.7 Å². The van der Waals surface area contributed by atoms with Crippen LogP contribution >= 0.6 is 24.4 Å². The van der Waals surface area contributed by atoms with E-state index < -0.39 is 0 Å². The van der Waals surface area contributed by atoms with Gasteiger partial charge in [0.1, 0.15) is 0 Å². The van der Waals surface area contributed by atoms with Gasteiger partial charge in [-0.05, 0) is 42.7 Å². The summed E-state index contributed by atoms with van der Waals surface area (Å²) in [6, 6.07) is 0. The molecule has 3 heteroatoms. The summed E-state index contributed by atoms with van der Waals surface area (Å²) in [6.45, 7) is 3.94. The third kappa shape index (κ3) is 4.36. The first-order chi connectivity index (χ1) is 8.35. The summed E-state index contributed by atoms with van der Waals surface area (Å²) in [7, 11) is 0. The van der Waals surface area contributed by atoms with Gasteiger partial charge >= 0.3 is 0 Å². The minimum atomic E-state index is 0.536. The Morgan fingerprint density at radius 2 is 1.71 bits per heavy atom. The normalized spacial score (nSPS) is 27.4. The van der Waals surface area contributed by atoms with E-state index in [1.807, 2.05) is 0 Å². The van der Waals surface area contributed by atoms with E-state index in [2.05, 4.69) is 16.7 Å². The molecule has 1 heterocycles. The van der Waals surface area contributed by atoms with Crippen molar-refractivity contribution in [2.45, 2.75) is 44.9 Å². The highest BCUT2D eigenvalue weighted by Crippen LogP contribution is 2.37. The van der Waals surface area contributed by atoms with Gasteiger partial charge in [0, 0.05) is 18.8 Å². The van der Waals surface area contributed by atoms with Crippen LogP contribution in [0.25, 0.3) is 0 Å². The third-order valence-electron chi connectivity index (χ3n) is 4.37. The smallest absolute Gasteiger partial charge is 0.00726 e. The van der Waals surface area contributed by atoms with Crippen LogP contribution in [0.3, 0.4) is 0 Å². The first kappa shape index (κ1) is 14.1. The van der Waals surface area contributed by atoms with Crippen molar-refractivity contribution in [2.24, 2.45) is 5.41 Å². The lowest BCUT2D eigenvalue weighted by Crippen LogP contribution is -2.40. The van der Waals surface area contributed by atoms with Crippen molar-refractivity contribution in [3.63, 3.8) is 0 Å². The van der Waals surface area contributed by atoms with E-state index in [0.29, 0.717) is 5.41 Å². The molecule has 2 rings (SSSR count). The van der Waals surface area contributed by atoms with Gasteiger partial charge < -0.3 is 4.90 Å². The highest BCUT2D eigenvalue weighted by Gasteiger charge is 2.31. The van der Waals surface area contributed by atoms with Crippen LogP contribution in [0.2, 0.25) is 0 Å². The van der Waals surface area contributed by atoms with Crippen molar-refractivity contribution < 1.29 is 0 Å². The molecule has 0 unspecified atom stereocenters. The van der Waals surface area contributed by atoms with Crippen LogP contribution in [-0.4, -0.2) is 41.8 Å². The van der Waals surface area contributed by atoms with E-state index in [9.17, 15) is 0 Å². The van der Waals surface area contributed by atoms with Gasteiger partial charge in [-0.2, -0.15) is 24.4 Å². The monoisotopic (exact) mass is 273 g/mol. The second-order valence-electron chi connectivity index (χ2n) is 5.81. The first-order valence-corrected chi connectivity index (χ1v) is 9.04. The van der Waals surface area contributed by atoms with Gasteiger partial charge in [0.2, 0.25) is 0 Å². The maximum atomic E-state index is 4.69. The molecule has 0 spiro atoms. The number of hydrogen-bond acceptors (Lipinski definition) is 3. The van der Waals surface area contributed by atoms with Crippen molar-refractivity contribution >= 4 is 24.4 Å². The number of hydrogen-bond donors (Lipinski definition) is 1. The SMILES string of the molecule is SCC1(CN2CCCSCC2)CCCCCC1. The fourth-order valence-corrected chi connectivity index (χ4v) is 4.62. The molecule has 2 fully saturated rings. The summed E-state index contributed by atoms with van der Waals surface area (Å²) in [5.74, 6) is 3.80. The van der Waals surface area contributed by atoms with E-state index >= 15 is 0 Å². The van der Waals surface area contributed by atoms with Crippen LogP contribution in [0.4, 0.5) is 0 Å². The van der Waals surface area contributed by atoms with Crippen molar-refractivity contribution in [1.29, 1.82) is 0 Å². The standard InChI is InChI=1S/C14H27NS2/c16-13-14(6-3-1-2-4-7-14)12-15-8-5-10-17-11-9-15/h16H,1-13H2. The summed E-state index contributed by atoms with van der Waals surface area (Å²) in [5.41, 5.74) is 0.536. The Balaban J connectivity index is 1.91. The fourth-order valence-electron chi connectivity index (χ4n) is 3.27. The molecule has 1 saturated carbocycles. The molecule has 1 nitrogen and oxygen atoms in total. The Morgan fingerprint density at radius 1 is 0.941 bits per heavy atom. The Labute approximate surface area is 117 Å². The van der Waals surface area contributed by atoms with Crippen molar-refractivity contribution in [3.05, 3.63) is 0 Å². The lowest BCUT2D eigenvalue weighted by atomic mass is 9.81. The number of thioether (sulfide) groups is 1. The summed E-state index contributed by atoms with van der Waals surface area (Å²) in [5, 5.41) is 0. The molecule has 1 saturated heterocycles. The fraction of sp³-hybridized carbons (Fsp3) is 1.00. The van der Waals surface area contributed by atoms with E-state index in [1.54, 1.807) is 0 Å². The molecular weight excluding hydrogens is 246 g/mol. The minimum Gasteiger partial charge on any atom is -0.302 e. The molecule has 0 N–H and O–H groups in total. The van der Waals surface area contributed by atoms with Gasteiger partial charge in [-0.15, -0.1) is 0 Å². The van der Waals surface area contributed by atoms with Gasteiger partial charge in [-0.3, -0.25) is 0 Å². The molecule has 1 aliphatic carbocycles. The molecule has 0 radical (unpaired) electrons. The Bertz CT molecular complexity index is 204. The predicted molar refractivity (Wildman–Crippen MR) is 82.4 cm³/mol. The maximum Gasteiger partial charge on any atom is 0.00726 e. The van der Waals surface area contributed by atoms with Gasteiger partial charge in [-0.25, -0.2) is 0 Å². The molecule has 0 aromatic rings. The van der Waals surface area contributed by atoms with Crippen molar-refractivity contribution in [2.75, 3.05) is 36.9 Å². The molecule has 0 atom stereocenters. The summed E-state index contributed by atoms with van der Waals surface area (Å²) in [4.78, 5) is 2.72. The molecular formula is C14H27NS2. The molecule has 1 aliphatic heterocycles. The highest BCUT2D eigenvalue weighted by atomic mass is 32.2. The van der Waals surface area contributed by atoms with Crippen LogP contribution in [0.1, 0.15) is 44.9 Å². The van der Waals surface area contributed by atoms with Crippen LogP contribution in [0.5, 0.6) is 0 Å². The van der Waals surface area contributed by atoms with E-state index in [-0.39, 0.29) is 0 Å². The van der Waals surface area contributed by atoms with E-state index in [4.69, 9.17) is 12.6 Å². The summed E-state index contributed by atoms with van der Waals surface area (Å²) < 4.78 is 0. The minimum absolute atomic E-state index is 0.536. The summed E-state index contributed by atoms with van der Waals surface area (Å²) >= 11 is 6.82. The van der Waals surface area contributed by atoms with Gasteiger partial charge in [0.15, 0.2) is 0 Å². The topological polar surface area (TPSA) is 3.24 Å². The number of rotatable bonds is 3. The predicted octanol–water partition coefficient (Wildman–Crippen LogP) is 3.70. The number of thiol groups is 1. The zero-order chi connectivity index (χ0) is 12.0. The lowest BCUT2D eigenvalue weighted by molar-refractivity contribution is 0.158. The van der Waals surface area contributed by atoms with Crippen LogP contribution in [0.15, 0.2) is 0 Å². The molecule has 2 aliphatic rings. The third-order valence-corrected chi connectivity index (χ3v) is 6.09. The van der Waals surface area contributed by atoms with Gasteiger partial charge in [0.05, 0.1) is 0 Å². The zero-order valence-electron chi connectivity index (χ0n) is 11.0. The average molecular weight is 274 g/mol. The van der Waals surface area contributed by atoms with Crippen LogP contribution in [0, 0.1) is 5.41 Å². The second-order valence-corrected chi connectivity index (χ2v) is 7.36. The van der Waals surface area contributed by atoms with E-state index in [0.717, 1.165) is 5.75 Å². The van der Waals surface area contributed by atoms with Gasteiger partial charge in [0.25, 0.3) is 0 Å². The maximum absolute atomic E-state index is 4.69. The van der Waals surface area contributed by atoms with Crippen molar-refractivity contribution in [1.82, 2.24) is 4.90 Å². The molecule has 100 valence electrons. The molecule has 17 heavy (non-hydrogen) atoms. The van der Waals surface area contributed by atoms with Crippen LogP contribution < -0.4 is 0 Å². The largest absolute Gasteiger partial charge is 0.302 e. The van der Waals surface area contributed by atoms with Crippen molar-refractivity contribution in [3.8, 4) is 0 Å². The second kappa shape index (κ2) is 7.30. The first-order valence-electron chi connectivity index (χ1n) is 7.26. The Kier molecular flexibility index (Phi) is 6.04. The molecule has 0 aromatic heterocycles. The molecule has 0 bridgehead atoms.